The van der Waals surface area contributed by atoms with Crippen LogP contribution in [0.15, 0.2) is 35.1 Å². The first kappa shape index (κ1) is 17.8. The molecular formula is C18H25N3O3. The van der Waals surface area contributed by atoms with Crippen LogP contribution in [-0.2, 0) is 11.8 Å². The Morgan fingerprint density at radius 1 is 1.12 bits per heavy atom. The van der Waals surface area contributed by atoms with E-state index in [-0.39, 0.29) is 17.7 Å². The van der Waals surface area contributed by atoms with Gasteiger partial charge in [0.05, 0.1) is 17.5 Å². The Labute approximate surface area is 142 Å². The zero-order valence-corrected chi connectivity index (χ0v) is 15.1. The molecule has 2 aromatic rings. The highest BCUT2D eigenvalue weighted by molar-refractivity contribution is 5.89. The van der Waals surface area contributed by atoms with E-state index in [1.807, 2.05) is 51.1 Å². The van der Waals surface area contributed by atoms with E-state index >= 15 is 0 Å². The molecule has 0 aliphatic carbocycles. The molecule has 6 heteroatoms. The molecule has 1 aromatic carbocycles. The number of benzene rings is 1. The van der Waals surface area contributed by atoms with E-state index in [2.05, 4.69) is 0 Å². The number of carbonyl (C=O) groups is 1. The Morgan fingerprint density at radius 2 is 1.71 bits per heavy atom. The SMILES string of the molecule is Cc1c(N(C(=O)OC(C)C)C(C)C)c(=O)n(-c2ccccc2)n1C. The number of rotatable bonds is 4. The van der Waals surface area contributed by atoms with Gasteiger partial charge in [-0.25, -0.2) is 9.48 Å². The van der Waals surface area contributed by atoms with Crippen LogP contribution in [0.4, 0.5) is 10.5 Å². The standard InChI is InChI=1S/C18H25N3O3/c1-12(2)20(18(23)24-13(3)4)16-14(5)19(6)21(17(16)22)15-10-8-7-9-11-15/h7-13H,1-6H3. The highest BCUT2D eigenvalue weighted by Crippen LogP contribution is 2.21. The van der Waals surface area contributed by atoms with Crippen molar-refractivity contribution in [2.75, 3.05) is 4.90 Å². The smallest absolute Gasteiger partial charge is 0.415 e. The summed E-state index contributed by atoms with van der Waals surface area (Å²) in [7, 11) is 1.81. The summed E-state index contributed by atoms with van der Waals surface area (Å²) in [4.78, 5) is 27.0. The molecule has 1 amide bonds. The minimum Gasteiger partial charge on any atom is -0.446 e. The maximum absolute atomic E-state index is 13.0. The van der Waals surface area contributed by atoms with Crippen LogP contribution < -0.4 is 10.5 Å². The number of hydrogen-bond acceptors (Lipinski definition) is 3. The molecule has 130 valence electrons. The van der Waals surface area contributed by atoms with Crippen LogP contribution in [0.3, 0.4) is 0 Å². The lowest BCUT2D eigenvalue weighted by Gasteiger charge is -2.25. The molecule has 0 saturated carbocycles. The molecule has 6 nitrogen and oxygen atoms in total. The molecule has 0 aliphatic heterocycles. The quantitative estimate of drug-likeness (QED) is 0.864. The van der Waals surface area contributed by atoms with Crippen molar-refractivity contribution in [2.45, 2.75) is 46.8 Å². The number of nitrogens with zero attached hydrogens (tertiary/aromatic N) is 3. The lowest BCUT2D eigenvalue weighted by molar-refractivity contribution is 0.121. The Hall–Kier alpha value is -2.50. The van der Waals surface area contributed by atoms with Gasteiger partial charge in [0.2, 0.25) is 0 Å². The van der Waals surface area contributed by atoms with Gasteiger partial charge in [0.25, 0.3) is 5.56 Å². The zero-order chi connectivity index (χ0) is 18.0. The number of amides is 1. The molecule has 0 fully saturated rings. The van der Waals surface area contributed by atoms with Gasteiger partial charge in [-0.2, -0.15) is 0 Å². The Bertz CT molecular complexity index is 773. The van der Waals surface area contributed by atoms with Crippen molar-refractivity contribution in [3.8, 4) is 5.69 Å². The van der Waals surface area contributed by atoms with Crippen molar-refractivity contribution in [3.63, 3.8) is 0 Å². The minimum absolute atomic E-state index is 0.200. The fraction of sp³-hybridized carbons (Fsp3) is 0.444. The fourth-order valence-electron chi connectivity index (χ4n) is 2.65. The molecule has 1 aromatic heterocycles. The maximum Gasteiger partial charge on any atom is 0.415 e. The third kappa shape index (κ3) is 3.22. The molecule has 0 atom stereocenters. The summed E-state index contributed by atoms with van der Waals surface area (Å²) in [5.41, 5.74) is 1.57. The summed E-state index contributed by atoms with van der Waals surface area (Å²) < 4.78 is 8.64. The van der Waals surface area contributed by atoms with Gasteiger partial charge in [-0.05, 0) is 46.8 Å². The highest BCUT2D eigenvalue weighted by Gasteiger charge is 2.29. The predicted octanol–water partition coefficient (Wildman–Crippen LogP) is 3.24. The van der Waals surface area contributed by atoms with Crippen LogP contribution in [0.1, 0.15) is 33.4 Å². The van der Waals surface area contributed by atoms with Crippen molar-refractivity contribution >= 4 is 11.8 Å². The number of carbonyl (C=O) groups excluding carboxylic acids is 1. The largest absolute Gasteiger partial charge is 0.446 e. The number of aromatic nitrogens is 2. The molecule has 0 aliphatic rings. The lowest BCUT2D eigenvalue weighted by atomic mass is 10.2. The third-order valence-electron chi connectivity index (χ3n) is 3.81. The van der Waals surface area contributed by atoms with Crippen molar-refractivity contribution in [3.05, 3.63) is 46.4 Å². The average molecular weight is 331 g/mol. The van der Waals surface area contributed by atoms with Crippen molar-refractivity contribution in [2.24, 2.45) is 7.05 Å². The lowest BCUT2D eigenvalue weighted by Crippen LogP contribution is -2.41. The van der Waals surface area contributed by atoms with E-state index < -0.39 is 6.09 Å². The molecule has 0 spiro atoms. The van der Waals surface area contributed by atoms with Crippen molar-refractivity contribution in [1.82, 2.24) is 9.36 Å². The molecule has 24 heavy (non-hydrogen) atoms. The van der Waals surface area contributed by atoms with Gasteiger partial charge < -0.3 is 4.74 Å². The zero-order valence-electron chi connectivity index (χ0n) is 15.1. The Kier molecular flexibility index (Phi) is 5.17. The predicted molar refractivity (Wildman–Crippen MR) is 95.0 cm³/mol. The number of ether oxygens (including phenoxy) is 1. The van der Waals surface area contributed by atoms with E-state index in [9.17, 15) is 9.59 Å². The Balaban J connectivity index is 2.62. The summed E-state index contributed by atoms with van der Waals surface area (Å²) in [6, 6.07) is 9.15. The second kappa shape index (κ2) is 6.95. The molecule has 0 radical (unpaired) electrons. The first-order valence-electron chi connectivity index (χ1n) is 8.09. The molecule has 0 N–H and O–H groups in total. The minimum atomic E-state index is -0.508. The first-order valence-corrected chi connectivity index (χ1v) is 8.09. The van der Waals surface area contributed by atoms with Crippen LogP contribution in [0.5, 0.6) is 0 Å². The van der Waals surface area contributed by atoms with Gasteiger partial charge in [-0.3, -0.25) is 14.4 Å². The van der Waals surface area contributed by atoms with E-state index in [0.29, 0.717) is 11.4 Å². The summed E-state index contributed by atoms with van der Waals surface area (Å²) in [6.07, 6.45) is -0.759. The first-order chi connectivity index (χ1) is 11.3. The summed E-state index contributed by atoms with van der Waals surface area (Å²) >= 11 is 0. The van der Waals surface area contributed by atoms with Gasteiger partial charge >= 0.3 is 6.09 Å². The van der Waals surface area contributed by atoms with E-state index in [0.717, 1.165) is 5.69 Å². The third-order valence-corrected chi connectivity index (χ3v) is 3.81. The van der Waals surface area contributed by atoms with Crippen molar-refractivity contribution < 1.29 is 9.53 Å². The monoisotopic (exact) mass is 331 g/mol. The van der Waals surface area contributed by atoms with Gasteiger partial charge in [-0.1, -0.05) is 18.2 Å². The molecule has 2 rings (SSSR count). The summed E-state index contributed by atoms with van der Waals surface area (Å²) in [5, 5.41) is 0. The van der Waals surface area contributed by atoms with Crippen LogP contribution in [-0.4, -0.2) is 27.6 Å². The van der Waals surface area contributed by atoms with Gasteiger partial charge in [0.1, 0.15) is 5.69 Å². The fourth-order valence-corrected chi connectivity index (χ4v) is 2.65. The van der Waals surface area contributed by atoms with Gasteiger partial charge in [-0.15, -0.1) is 0 Å². The van der Waals surface area contributed by atoms with Gasteiger partial charge in [0, 0.05) is 13.1 Å². The summed E-state index contributed by atoms with van der Waals surface area (Å²) in [5.74, 6) is 0. The normalized spacial score (nSPS) is 11.2. The van der Waals surface area contributed by atoms with Crippen LogP contribution in [0, 0.1) is 6.92 Å². The average Bonchev–Trinajstić information content (AvgIpc) is 2.71. The van der Waals surface area contributed by atoms with E-state index in [4.69, 9.17) is 4.74 Å². The number of hydrogen-bond donors (Lipinski definition) is 0. The van der Waals surface area contributed by atoms with E-state index in [1.54, 1.807) is 30.3 Å². The Morgan fingerprint density at radius 3 is 2.21 bits per heavy atom. The highest BCUT2D eigenvalue weighted by atomic mass is 16.6. The number of anilines is 1. The van der Waals surface area contributed by atoms with Gasteiger partial charge in [0.15, 0.2) is 0 Å². The molecule has 1 heterocycles. The second-order valence-electron chi connectivity index (χ2n) is 6.31. The maximum atomic E-state index is 13.0. The number of para-hydroxylation sites is 1. The summed E-state index contributed by atoms with van der Waals surface area (Å²) in [6.45, 7) is 9.13. The van der Waals surface area contributed by atoms with Crippen LogP contribution in [0.2, 0.25) is 0 Å². The van der Waals surface area contributed by atoms with Crippen LogP contribution in [0.25, 0.3) is 5.69 Å². The second-order valence-corrected chi connectivity index (χ2v) is 6.31. The van der Waals surface area contributed by atoms with Crippen LogP contribution >= 0.6 is 0 Å². The van der Waals surface area contributed by atoms with E-state index in [1.165, 1.54) is 4.90 Å². The molecular weight excluding hydrogens is 306 g/mol. The molecule has 0 unspecified atom stereocenters. The molecule has 0 bridgehead atoms. The topological polar surface area (TPSA) is 56.5 Å². The van der Waals surface area contributed by atoms with Crippen molar-refractivity contribution in [1.29, 1.82) is 0 Å². The molecule has 0 saturated heterocycles.